The van der Waals surface area contributed by atoms with E-state index >= 15 is 0 Å². The molecule has 3 rings (SSSR count). The first-order valence-electron chi connectivity index (χ1n) is 10.8. The van der Waals surface area contributed by atoms with Crippen molar-refractivity contribution in [3.63, 3.8) is 0 Å². The molecule has 0 aliphatic heterocycles. The Labute approximate surface area is 212 Å². The van der Waals surface area contributed by atoms with Gasteiger partial charge in [0.05, 0.1) is 35.0 Å². The van der Waals surface area contributed by atoms with E-state index in [4.69, 9.17) is 26.8 Å². The Kier molecular flexibility index (Phi) is 8.17. The molecule has 0 saturated heterocycles. The summed E-state index contributed by atoms with van der Waals surface area (Å²) in [5.74, 6) is -1.31. The predicted octanol–water partition coefficient (Wildman–Crippen LogP) is 3.14. The lowest BCUT2D eigenvalue weighted by atomic mass is 10.1. The van der Waals surface area contributed by atoms with E-state index in [0.717, 1.165) is 17.0 Å². The Hall–Kier alpha value is -3.28. The highest BCUT2D eigenvalue weighted by Gasteiger charge is 2.24. The fourth-order valence-corrected chi connectivity index (χ4v) is 4.07. The third-order valence-corrected chi connectivity index (χ3v) is 6.60. The van der Waals surface area contributed by atoms with E-state index in [1.54, 1.807) is 13.8 Å². The minimum atomic E-state index is -3.42. The predicted molar refractivity (Wildman–Crippen MR) is 133 cm³/mol. The second-order valence-corrected chi connectivity index (χ2v) is 11.0. The van der Waals surface area contributed by atoms with Crippen molar-refractivity contribution in [2.45, 2.75) is 30.8 Å². The fourth-order valence-electron chi connectivity index (χ4n) is 3.27. The number of ether oxygens (including phenoxy) is 2. The topological polar surface area (TPSA) is 131 Å². The van der Waals surface area contributed by atoms with E-state index in [0.29, 0.717) is 11.1 Å². The molecular weight excluding hydrogens is 513 g/mol. The second-order valence-electron chi connectivity index (χ2n) is 8.54. The molecular formula is C24H25ClFN3O6S. The summed E-state index contributed by atoms with van der Waals surface area (Å²) in [6.07, 6.45) is 2.70. The Morgan fingerprint density at radius 1 is 1.19 bits per heavy atom. The third-order valence-electron chi connectivity index (χ3n) is 5.18. The van der Waals surface area contributed by atoms with Crippen molar-refractivity contribution in [1.82, 2.24) is 9.78 Å². The third kappa shape index (κ3) is 6.48. The van der Waals surface area contributed by atoms with Gasteiger partial charge < -0.3 is 15.2 Å². The van der Waals surface area contributed by atoms with Crippen molar-refractivity contribution >= 4 is 27.4 Å². The molecule has 2 aromatic carbocycles. The van der Waals surface area contributed by atoms with Gasteiger partial charge in [0, 0.05) is 18.2 Å². The molecule has 36 heavy (non-hydrogen) atoms. The van der Waals surface area contributed by atoms with E-state index < -0.39 is 32.8 Å². The first-order chi connectivity index (χ1) is 16.8. The lowest BCUT2D eigenvalue weighted by Gasteiger charge is -2.25. The summed E-state index contributed by atoms with van der Waals surface area (Å²) in [6.45, 7) is 3.08. The van der Waals surface area contributed by atoms with Crippen molar-refractivity contribution in [3.8, 4) is 22.6 Å². The molecule has 0 atom stereocenters. The standard InChI is InChI=1S/C24H25ClFN3O6S/c1-24(2,35-21(30)13-27)10-11-34-22-18(15-4-7-17(8-5-15)36(3,32)33)14-28-29(23(22)31)16-6-9-20(26)19(25)12-16/h4-9,12,14H,10-11,13,27H2,1-3H3. The van der Waals surface area contributed by atoms with Gasteiger partial charge in [-0.3, -0.25) is 9.59 Å². The number of aromatic nitrogens is 2. The number of nitrogens with two attached hydrogens (primary N) is 1. The van der Waals surface area contributed by atoms with Gasteiger partial charge in [-0.15, -0.1) is 0 Å². The van der Waals surface area contributed by atoms with Gasteiger partial charge in [0.15, 0.2) is 15.6 Å². The van der Waals surface area contributed by atoms with Crippen LogP contribution in [0.1, 0.15) is 20.3 Å². The highest BCUT2D eigenvalue weighted by atomic mass is 35.5. The Morgan fingerprint density at radius 3 is 2.44 bits per heavy atom. The van der Waals surface area contributed by atoms with Gasteiger partial charge in [-0.1, -0.05) is 23.7 Å². The van der Waals surface area contributed by atoms with Gasteiger partial charge in [-0.25, -0.2) is 12.8 Å². The SMILES string of the molecule is CC(C)(CCOc1c(-c2ccc(S(C)(=O)=O)cc2)cnn(-c2ccc(F)c(Cl)c2)c1=O)OC(=O)CN. The summed E-state index contributed by atoms with van der Waals surface area (Å²) < 4.78 is 49.4. The highest BCUT2D eigenvalue weighted by molar-refractivity contribution is 7.90. The number of hydrogen-bond donors (Lipinski definition) is 1. The second kappa shape index (κ2) is 10.8. The van der Waals surface area contributed by atoms with Crippen molar-refractivity contribution in [2.75, 3.05) is 19.4 Å². The largest absolute Gasteiger partial charge is 0.487 e. The van der Waals surface area contributed by atoms with Gasteiger partial charge in [0.1, 0.15) is 11.4 Å². The van der Waals surface area contributed by atoms with E-state index in [2.05, 4.69) is 5.10 Å². The minimum Gasteiger partial charge on any atom is -0.487 e. The van der Waals surface area contributed by atoms with Crippen molar-refractivity contribution in [3.05, 3.63) is 69.9 Å². The van der Waals surface area contributed by atoms with Crippen LogP contribution in [0.4, 0.5) is 4.39 Å². The van der Waals surface area contributed by atoms with Crippen LogP contribution in [0, 0.1) is 5.82 Å². The number of hydrogen-bond acceptors (Lipinski definition) is 8. The molecule has 0 aliphatic carbocycles. The lowest BCUT2D eigenvalue weighted by Crippen LogP contribution is -2.33. The molecule has 12 heteroatoms. The van der Waals surface area contributed by atoms with Gasteiger partial charge in [0.2, 0.25) is 0 Å². The average molecular weight is 538 g/mol. The van der Waals surface area contributed by atoms with Crippen LogP contribution in [0.15, 0.2) is 58.4 Å². The summed E-state index contributed by atoms with van der Waals surface area (Å²) in [5.41, 5.74) is 4.75. The Balaban J connectivity index is 2.03. The van der Waals surface area contributed by atoms with Crippen LogP contribution >= 0.6 is 11.6 Å². The zero-order valence-electron chi connectivity index (χ0n) is 19.8. The first kappa shape index (κ1) is 27.3. The van der Waals surface area contributed by atoms with Gasteiger partial charge in [-0.2, -0.15) is 9.78 Å². The molecule has 0 radical (unpaired) electrons. The monoisotopic (exact) mass is 537 g/mol. The van der Waals surface area contributed by atoms with Crippen molar-refractivity contribution in [2.24, 2.45) is 5.73 Å². The van der Waals surface area contributed by atoms with E-state index in [-0.39, 0.29) is 40.9 Å². The molecule has 0 aliphatic rings. The molecule has 0 saturated carbocycles. The minimum absolute atomic E-state index is 0.0112. The van der Waals surface area contributed by atoms with Gasteiger partial charge >= 0.3 is 11.5 Å². The normalized spacial score (nSPS) is 11.8. The molecule has 0 bridgehead atoms. The quantitative estimate of drug-likeness (QED) is 0.412. The van der Waals surface area contributed by atoms with Crippen molar-refractivity contribution in [1.29, 1.82) is 0 Å². The Morgan fingerprint density at radius 2 is 1.86 bits per heavy atom. The summed E-state index contributed by atoms with van der Waals surface area (Å²) in [4.78, 5) is 25.1. The van der Waals surface area contributed by atoms with Crippen LogP contribution in [0.25, 0.3) is 16.8 Å². The maximum atomic E-state index is 13.6. The molecule has 0 amide bonds. The summed E-state index contributed by atoms with van der Waals surface area (Å²) in [7, 11) is -3.42. The van der Waals surface area contributed by atoms with Crippen molar-refractivity contribution < 1.29 is 27.1 Å². The van der Waals surface area contributed by atoms with Crippen LogP contribution in [0.3, 0.4) is 0 Å². The molecule has 9 nitrogen and oxygen atoms in total. The van der Waals surface area contributed by atoms with E-state index in [1.807, 2.05) is 0 Å². The van der Waals surface area contributed by atoms with Gasteiger partial charge in [-0.05, 0) is 49.7 Å². The molecule has 0 fully saturated rings. The zero-order chi connectivity index (χ0) is 26.7. The number of sulfone groups is 1. The van der Waals surface area contributed by atoms with E-state index in [1.165, 1.54) is 42.6 Å². The lowest BCUT2D eigenvalue weighted by molar-refractivity contribution is -0.155. The first-order valence-corrected chi connectivity index (χ1v) is 13.0. The summed E-state index contributed by atoms with van der Waals surface area (Å²) in [5, 5.41) is 3.99. The number of carbonyl (C=O) groups excluding carboxylic acids is 1. The molecule has 2 N–H and O–H groups in total. The highest BCUT2D eigenvalue weighted by Crippen LogP contribution is 2.29. The van der Waals surface area contributed by atoms with Crippen LogP contribution in [0.5, 0.6) is 5.75 Å². The molecule has 3 aromatic rings. The number of nitrogens with zero attached hydrogens (tertiary/aromatic N) is 2. The average Bonchev–Trinajstić information content (AvgIpc) is 2.81. The summed E-state index contributed by atoms with van der Waals surface area (Å²) in [6, 6.07) is 9.60. The smallest absolute Gasteiger partial charge is 0.320 e. The number of rotatable bonds is 9. The molecule has 0 spiro atoms. The molecule has 1 heterocycles. The number of esters is 1. The molecule has 0 unspecified atom stereocenters. The maximum Gasteiger partial charge on any atom is 0.320 e. The van der Waals surface area contributed by atoms with Gasteiger partial charge in [0.25, 0.3) is 0 Å². The number of halogens is 2. The van der Waals surface area contributed by atoms with Crippen LogP contribution in [-0.4, -0.2) is 49.2 Å². The maximum absolute atomic E-state index is 13.6. The number of benzene rings is 2. The number of carbonyl (C=O) groups is 1. The Bertz CT molecular complexity index is 1440. The van der Waals surface area contributed by atoms with Crippen LogP contribution in [-0.2, 0) is 19.4 Å². The molecule has 1 aromatic heterocycles. The van der Waals surface area contributed by atoms with Crippen LogP contribution in [0.2, 0.25) is 5.02 Å². The summed E-state index contributed by atoms with van der Waals surface area (Å²) >= 11 is 5.87. The fraction of sp³-hybridized carbons (Fsp3) is 0.292. The molecule has 192 valence electrons. The van der Waals surface area contributed by atoms with E-state index in [9.17, 15) is 22.4 Å². The van der Waals surface area contributed by atoms with Crippen LogP contribution < -0.4 is 16.0 Å². The zero-order valence-corrected chi connectivity index (χ0v) is 21.4.